The smallest absolute Gasteiger partial charge is 0.277 e. The molecule has 0 saturated heterocycles. The third-order valence-electron chi connectivity index (χ3n) is 2.02. The molecular weight excluding hydrogens is 232 g/mol. The highest BCUT2D eigenvalue weighted by Gasteiger charge is 2.26. The number of nitrogens with one attached hydrogen (secondary N) is 2. The van der Waals surface area contributed by atoms with Crippen LogP contribution in [0.1, 0.15) is 26.2 Å². The van der Waals surface area contributed by atoms with Crippen LogP contribution in [0.25, 0.3) is 0 Å². The number of carbonyl (C=O) groups is 2. The van der Waals surface area contributed by atoms with Crippen LogP contribution in [0.5, 0.6) is 0 Å². The summed E-state index contributed by atoms with van der Waals surface area (Å²) in [6.07, 6.45) is 0.609. The third-order valence-corrected chi connectivity index (χ3v) is 2.02. The molecule has 0 atom stereocenters. The molecule has 0 heterocycles. The van der Waals surface area contributed by atoms with Crippen molar-refractivity contribution in [3.63, 3.8) is 0 Å². The number of nitrogens with two attached hydrogens (primary N) is 1. The minimum Gasteiger partial charge on any atom is -0.356 e. The van der Waals surface area contributed by atoms with Crippen LogP contribution >= 0.6 is 0 Å². The molecule has 0 spiro atoms. The maximum atomic E-state index is 12.7. The summed E-state index contributed by atoms with van der Waals surface area (Å²) in [5.74, 6) is -3.72. The molecule has 0 aromatic rings. The summed E-state index contributed by atoms with van der Waals surface area (Å²) in [4.78, 5) is 22.1. The second kappa shape index (κ2) is 7.94. The average molecular weight is 251 g/mol. The first-order valence-corrected chi connectivity index (χ1v) is 5.52. The Bertz CT molecular complexity index is 260. The first kappa shape index (κ1) is 15.8. The zero-order valence-corrected chi connectivity index (χ0v) is 9.89. The quantitative estimate of drug-likeness (QED) is 0.568. The number of hydrogen-bond donors (Lipinski definition) is 3. The van der Waals surface area contributed by atoms with E-state index in [1.165, 1.54) is 0 Å². The second-order valence-corrected chi connectivity index (χ2v) is 3.64. The lowest BCUT2D eigenvalue weighted by molar-refractivity contribution is -0.123. The Morgan fingerprint density at radius 3 is 2.18 bits per heavy atom. The largest absolute Gasteiger partial charge is 0.356 e. The van der Waals surface area contributed by atoms with Crippen LogP contribution in [0.2, 0.25) is 0 Å². The lowest BCUT2D eigenvalue weighted by Crippen LogP contribution is -2.41. The highest BCUT2D eigenvalue weighted by molar-refractivity contribution is 5.78. The van der Waals surface area contributed by atoms with E-state index in [-0.39, 0.29) is 18.7 Å². The highest BCUT2D eigenvalue weighted by Crippen LogP contribution is 2.08. The standard InChI is InChI=1S/C10H19F2N3O2/c1-2-14-8(16)4-3-5-9(17)15-7-10(11,12)6-13/h2-7,13H2,1H3,(H,14,16)(H,15,17). The maximum Gasteiger partial charge on any atom is 0.277 e. The van der Waals surface area contributed by atoms with E-state index in [4.69, 9.17) is 5.73 Å². The van der Waals surface area contributed by atoms with Crippen molar-refractivity contribution in [2.45, 2.75) is 32.1 Å². The number of rotatable bonds is 8. The van der Waals surface area contributed by atoms with Gasteiger partial charge in [0.05, 0.1) is 13.1 Å². The minimum absolute atomic E-state index is 0.0534. The van der Waals surface area contributed by atoms with E-state index in [2.05, 4.69) is 10.6 Å². The lowest BCUT2D eigenvalue weighted by atomic mass is 10.2. The molecule has 5 nitrogen and oxygen atoms in total. The molecule has 2 amide bonds. The Labute approximate surface area is 99.1 Å². The molecule has 0 bridgehead atoms. The van der Waals surface area contributed by atoms with Crippen LogP contribution in [0.4, 0.5) is 8.78 Å². The molecule has 0 aliphatic rings. The van der Waals surface area contributed by atoms with Gasteiger partial charge in [-0.2, -0.15) is 0 Å². The Morgan fingerprint density at radius 2 is 1.71 bits per heavy atom. The summed E-state index contributed by atoms with van der Waals surface area (Å²) in [6, 6.07) is 0. The molecule has 0 aromatic carbocycles. The molecule has 100 valence electrons. The van der Waals surface area contributed by atoms with Crippen molar-refractivity contribution in [1.82, 2.24) is 10.6 Å². The van der Waals surface area contributed by atoms with Crippen molar-refractivity contribution in [2.75, 3.05) is 19.6 Å². The van der Waals surface area contributed by atoms with Crippen LogP contribution in [-0.4, -0.2) is 37.4 Å². The van der Waals surface area contributed by atoms with E-state index in [1.54, 1.807) is 6.92 Å². The summed E-state index contributed by atoms with van der Waals surface area (Å²) in [5.41, 5.74) is 4.81. The van der Waals surface area contributed by atoms with Crippen molar-refractivity contribution in [3.8, 4) is 0 Å². The third kappa shape index (κ3) is 8.56. The molecule has 0 aliphatic heterocycles. The Morgan fingerprint density at radius 1 is 1.18 bits per heavy atom. The van der Waals surface area contributed by atoms with Crippen molar-refractivity contribution in [1.29, 1.82) is 0 Å². The molecule has 7 heteroatoms. The van der Waals surface area contributed by atoms with Gasteiger partial charge >= 0.3 is 0 Å². The van der Waals surface area contributed by atoms with Crippen LogP contribution in [0.3, 0.4) is 0 Å². The van der Waals surface area contributed by atoms with Gasteiger partial charge in [-0.25, -0.2) is 8.78 Å². The molecule has 0 aliphatic carbocycles. The number of carbonyl (C=O) groups excluding carboxylic acids is 2. The summed E-state index contributed by atoms with van der Waals surface area (Å²) >= 11 is 0. The maximum absolute atomic E-state index is 12.7. The molecule has 0 aromatic heterocycles. The molecule has 0 unspecified atom stereocenters. The number of hydrogen-bond acceptors (Lipinski definition) is 3. The fourth-order valence-electron chi connectivity index (χ4n) is 1.08. The van der Waals surface area contributed by atoms with Gasteiger partial charge in [-0.3, -0.25) is 9.59 Å². The van der Waals surface area contributed by atoms with Crippen molar-refractivity contribution in [3.05, 3.63) is 0 Å². The van der Waals surface area contributed by atoms with E-state index >= 15 is 0 Å². The number of alkyl halides is 2. The molecule has 0 fully saturated rings. The van der Waals surface area contributed by atoms with Gasteiger partial charge in [0.15, 0.2) is 0 Å². The zero-order valence-electron chi connectivity index (χ0n) is 9.89. The Balaban J connectivity index is 3.64. The molecule has 17 heavy (non-hydrogen) atoms. The van der Waals surface area contributed by atoms with E-state index < -0.39 is 24.9 Å². The highest BCUT2D eigenvalue weighted by atomic mass is 19.3. The monoisotopic (exact) mass is 251 g/mol. The topological polar surface area (TPSA) is 84.2 Å². The summed E-state index contributed by atoms with van der Waals surface area (Å²) in [6.45, 7) is 0.767. The van der Waals surface area contributed by atoms with E-state index in [0.717, 1.165) is 0 Å². The number of halogens is 2. The molecule has 4 N–H and O–H groups in total. The normalized spacial score (nSPS) is 11.1. The van der Waals surface area contributed by atoms with Crippen LogP contribution in [-0.2, 0) is 9.59 Å². The first-order chi connectivity index (χ1) is 7.91. The van der Waals surface area contributed by atoms with Crippen LogP contribution in [0, 0.1) is 0 Å². The fraction of sp³-hybridized carbons (Fsp3) is 0.800. The Hall–Kier alpha value is -1.24. The van der Waals surface area contributed by atoms with E-state index in [9.17, 15) is 18.4 Å². The molecular formula is C10H19F2N3O2. The van der Waals surface area contributed by atoms with Crippen molar-refractivity contribution >= 4 is 11.8 Å². The van der Waals surface area contributed by atoms with Gasteiger partial charge in [0, 0.05) is 19.4 Å². The summed E-state index contributed by atoms with van der Waals surface area (Å²) < 4.78 is 25.3. The Kier molecular flexibility index (Phi) is 7.36. The van der Waals surface area contributed by atoms with Gasteiger partial charge in [-0.15, -0.1) is 0 Å². The first-order valence-electron chi connectivity index (χ1n) is 5.52. The van der Waals surface area contributed by atoms with Crippen molar-refractivity contribution < 1.29 is 18.4 Å². The van der Waals surface area contributed by atoms with Gasteiger partial charge < -0.3 is 16.4 Å². The number of amides is 2. The van der Waals surface area contributed by atoms with Crippen molar-refractivity contribution in [2.24, 2.45) is 5.73 Å². The van der Waals surface area contributed by atoms with Crippen LogP contribution in [0.15, 0.2) is 0 Å². The average Bonchev–Trinajstić information content (AvgIpc) is 2.27. The lowest BCUT2D eigenvalue weighted by Gasteiger charge is -2.14. The van der Waals surface area contributed by atoms with E-state index in [0.29, 0.717) is 13.0 Å². The van der Waals surface area contributed by atoms with Gasteiger partial charge in [-0.1, -0.05) is 0 Å². The summed E-state index contributed by atoms with van der Waals surface area (Å²) in [5, 5.41) is 4.66. The SMILES string of the molecule is CCNC(=O)CCCC(=O)NCC(F)(F)CN. The van der Waals surface area contributed by atoms with Gasteiger partial charge in [0.1, 0.15) is 0 Å². The molecule has 0 saturated carbocycles. The predicted octanol–water partition coefficient (Wildman–Crippen LogP) is 0.00300. The molecule has 0 radical (unpaired) electrons. The predicted molar refractivity (Wildman–Crippen MR) is 59.5 cm³/mol. The molecule has 0 rings (SSSR count). The summed E-state index contributed by atoms with van der Waals surface area (Å²) in [7, 11) is 0. The minimum atomic E-state index is -3.07. The second-order valence-electron chi connectivity index (χ2n) is 3.64. The van der Waals surface area contributed by atoms with E-state index in [1.807, 2.05) is 0 Å². The van der Waals surface area contributed by atoms with Gasteiger partial charge in [0.25, 0.3) is 5.92 Å². The van der Waals surface area contributed by atoms with Gasteiger partial charge in [-0.05, 0) is 13.3 Å². The van der Waals surface area contributed by atoms with Crippen LogP contribution < -0.4 is 16.4 Å². The fourth-order valence-corrected chi connectivity index (χ4v) is 1.08. The van der Waals surface area contributed by atoms with Gasteiger partial charge in [0.2, 0.25) is 11.8 Å². The zero-order chi connectivity index (χ0) is 13.3.